The molecule has 0 saturated carbocycles. The minimum absolute atomic E-state index is 0.0428. The van der Waals surface area contributed by atoms with Crippen LogP contribution >= 0.6 is 0 Å². The van der Waals surface area contributed by atoms with E-state index in [-0.39, 0.29) is 23.4 Å². The first-order chi connectivity index (χ1) is 14.0. The van der Waals surface area contributed by atoms with E-state index in [4.69, 9.17) is 9.47 Å². The maximum Gasteiger partial charge on any atom is 0.411 e. The van der Waals surface area contributed by atoms with Gasteiger partial charge in [0, 0.05) is 17.0 Å². The third kappa shape index (κ3) is 3.69. The zero-order valence-electron chi connectivity index (χ0n) is 17.3. The molecule has 29 heavy (non-hydrogen) atoms. The zero-order chi connectivity index (χ0) is 20.4. The molecule has 0 aromatic heterocycles. The van der Waals surface area contributed by atoms with Gasteiger partial charge in [0.25, 0.3) is 0 Å². The molecule has 0 spiro atoms. The highest BCUT2D eigenvalue weighted by Crippen LogP contribution is 2.56. The molecule has 4 rings (SSSR count). The Morgan fingerprint density at radius 2 is 1.76 bits per heavy atom. The average molecular weight is 392 g/mol. The van der Waals surface area contributed by atoms with Gasteiger partial charge >= 0.3 is 6.09 Å². The van der Waals surface area contributed by atoms with Crippen molar-refractivity contribution in [1.29, 1.82) is 0 Å². The topological polar surface area (TPSA) is 47.6 Å². The van der Waals surface area contributed by atoms with Crippen LogP contribution in [0.5, 0.6) is 0 Å². The van der Waals surface area contributed by atoms with E-state index >= 15 is 0 Å². The van der Waals surface area contributed by atoms with Crippen molar-refractivity contribution in [2.45, 2.75) is 26.9 Å². The molecule has 2 aromatic rings. The molecule has 0 radical (unpaired) electrons. The summed E-state index contributed by atoms with van der Waals surface area (Å²) in [6, 6.07) is 19.8. The third-order valence-electron chi connectivity index (χ3n) is 6.87. The fraction of sp³-hybridized carbons (Fsp3) is 0.400. The van der Waals surface area contributed by atoms with E-state index in [2.05, 4.69) is 56.4 Å². The summed E-state index contributed by atoms with van der Waals surface area (Å²) in [6.45, 7) is 7.62. The zero-order valence-corrected chi connectivity index (χ0v) is 17.3. The Labute approximate surface area is 172 Å². The van der Waals surface area contributed by atoms with Gasteiger partial charge in [0.1, 0.15) is 6.61 Å². The van der Waals surface area contributed by atoms with Crippen molar-refractivity contribution in [2.24, 2.45) is 23.2 Å². The molecule has 1 saturated heterocycles. The van der Waals surface area contributed by atoms with Crippen LogP contribution in [0.3, 0.4) is 0 Å². The van der Waals surface area contributed by atoms with Crippen molar-refractivity contribution in [3.05, 3.63) is 77.9 Å². The van der Waals surface area contributed by atoms with Crippen LogP contribution in [0.1, 0.15) is 32.4 Å². The maximum absolute atomic E-state index is 12.4. The number of rotatable bonds is 4. The van der Waals surface area contributed by atoms with Gasteiger partial charge in [-0.25, -0.2) is 4.79 Å². The molecule has 2 bridgehead atoms. The van der Waals surface area contributed by atoms with E-state index in [9.17, 15) is 4.79 Å². The van der Waals surface area contributed by atoms with Crippen LogP contribution in [0.2, 0.25) is 0 Å². The molecule has 152 valence electrons. The minimum atomic E-state index is -0.419. The molecule has 1 aliphatic carbocycles. The SMILES string of the molecule is CC1=C[C@H](C)[C@@]2(COC(=O)Nc3ccccc3)CO[C@@H](c3ccccc3)[C@H]1[C@H]2C. The lowest BCUT2D eigenvalue weighted by atomic mass is 9.56. The first-order valence-electron chi connectivity index (χ1n) is 10.3. The van der Waals surface area contributed by atoms with Crippen LogP contribution in [0.15, 0.2) is 72.3 Å². The molecular weight excluding hydrogens is 362 g/mol. The van der Waals surface area contributed by atoms with E-state index < -0.39 is 6.09 Å². The number of fused-ring (bicyclic) bond motifs is 2. The smallest absolute Gasteiger partial charge is 0.411 e. The van der Waals surface area contributed by atoms with E-state index in [1.54, 1.807) is 0 Å². The number of carbonyl (C=O) groups is 1. The Balaban J connectivity index is 1.52. The lowest BCUT2D eigenvalue weighted by Crippen LogP contribution is -2.54. The number of carbonyl (C=O) groups excluding carboxylic acids is 1. The minimum Gasteiger partial charge on any atom is -0.449 e. The van der Waals surface area contributed by atoms with E-state index in [1.165, 1.54) is 11.1 Å². The van der Waals surface area contributed by atoms with E-state index in [0.29, 0.717) is 19.1 Å². The first kappa shape index (κ1) is 19.7. The highest BCUT2D eigenvalue weighted by Gasteiger charge is 2.54. The molecule has 4 nitrogen and oxygen atoms in total. The number of allylic oxidation sites excluding steroid dienone is 1. The summed E-state index contributed by atoms with van der Waals surface area (Å²) in [6.07, 6.45) is 1.97. The van der Waals surface area contributed by atoms with Gasteiger partial charge < -0.3 is 9.47 Å². The van der Waals surface area contributed by atoms with Crippen molar-refractivity contribution in [1.82, 2.24) is 0 Å². The van der Waals surface area contributed by atoms with Gasteiger partial charge in [0.05, 0.1) is 12.7 Å². The van der Waals surface area contributed by atoms with Gasteiger partial charge in [-0.3, -0.25) is 5.32 Å². The normalized spacial score (nSPS) is 30.9. The first-order valence-corrected chi connectivity index (χ1v) is 10.3. The summed E-state index contributed by atoms with van der Waals surface area (Å²) in [4.78, 5) is 12.4. The number of hydrogen-bond donors (Lipinski definition) is 1. The maximum atomic E-state index is 12.4. The summed E-state index contributed by atoms with van der Waals surface area (Å²) < 4.78 is 12.2. The van der Waals surface area contributed by atoms with Gasteiger partial charge in [-0.1, -0.05) is 74.0 Å². The van der Waals surface area contributed by atoms with Gasteiger partial charge in [-0.2, -0.15) is 0 Å². The predicted octanol–water partition coefficient (Wildman–Crippen LogP) is 5.84. The molecule has 2 aromatic carbocycles. The molecule has 0 unspecified atom stereocenters. The fourth-order valence-electron chi connectivity index (χ4n) is 5.08. The van der Waals surface area contributed by atoms with Crippen molar-refractivity contribution in [3.8, 4) is 0 Å². The van der Waals surface area contributed by atoms with Crippen LogP contribution in [0.25, 0.3) is 0 Å². The Morgan fingerprint density at radius 3 is 2.45 bits per heavy atom. The van der Waals surface area contributed by atoms with Crippen LogP contribution < -0.4 is 5.32 Å². The number of nitrogens with one attached hydrogen (secondary N) is 1. The van der Waals surface area contributed by atoms with E-state index in [0.717, 1.165) is 5.69 Å². The van der Waals surface area contributed by atoms with Crippen LogP contribution in [0.4, 0.5) is 10.5 Å². The quantitative estimate of drug-likeness (QED) is 0.666. The highest BCUT2D eigenvalue weighted by molar-refractivity contribution is 5.84. The summed E-state index contributed by atoms with van der Waals surface area (Å²) in [5.74, 6) is 0.893. The summed E-state index contributed by atoms with van der Waals surface area (Å²) >= 11 is 0. The van der Waals surface area contributed by atoms with Crippen LogP contribution in [0, 0.1) is 23.2 Å². The Hall–Kier alpha value is -2.59. The third-order valence-corrected chi connectivity index (χ3v) is 6.87. The van der Waals surface area contributed by atoms with Crippen LogP contribution in [-0.2, 0) is 9.47 Å². The molecule has 4 heteroatoms. The monoisotopic (exact) mass is 391 g/mol. The number of para-hydroxylation sites is 1. The highest BCUT2D eigenvalue weighted by atomic mass is 16.6. The number of ether oxygens (including phenoxy) is 2. The molecule has 1 fully saturated rings. The number of anilines is 1. The summed E-state index contributed by atoms with van der Waals surface area (Å²) in [7, 11) is 0. The Kier molecular flexibility index (Phi) is 5.46. The van der Waals surface area contributed by atoms with Crippen molar-refractivity contribution >= 4 is 11.8 Å². The lowest BCUT2D eigenvalue weighted by molar-refractivity contribution is -0.165. The van der Waals surface area contributed by atoms with Gasteiger partial charge in [0.15, 0.2) is 0 Å². The Bertz CT molecular complexity index is 879. The second-order valence-corrected chi connectivity index (χ2v) is 8.46. The Morgan fingerprint density at radius 1 is 1.10 bits per heavy atom. The van der Waals surface area contributed by atoms with Crippen molar-refractivity contribution < 1.29 is 14.3 Å². The molecule has 1 N–H and O–H groups in total. The molecule has 1 heterocycles. The number of benzene rings is 2. The van der Waals surface area contributed by atoms with Gasteiger partial charge in [-0.05, 0) is 36.5 Å². The molecule has 1 aliphatic heterocycles. The number of amides is 1. The van der Waals surface area contributed by atoms with Gasteiger partial charge in [-0.15, -0.1) is 0 Å². The molecule has 1 amide bonds. The fourth-order valence-corrected chi connectivity index (χ4v) is 5.08. The molecular formula is C25H29NO3. The second kappa shape index (κ2) is 8.03. The standard InChI is InChI=1S/C25H29NO3/c1-17-14-18(2)25(16-29-24(27)26-21-12-8-5-9-13-21)15-28-23(22(17)19(25)3)20-10-6-4-7-11-20/h4-14,18-19,22-23H,15-16H2,1-3H3,(H,26,27)/t18-,19+,22+,23-,25-/m0/s1. The van der Waals surface area contributed by atoms with Gasteiger partial charge in [0.2, 0.25) is 0 Å². The van der Waals surface area contributed by atoms with Crippen molar-refractivity contribution in [3.63, 3.8) is 0 Å². The average Bonchev–Trinajstić information content (AvgIpc) is 2.73. The second-order valence-electron chi connectivity index (χ2n) is 8.46. The molecule has 5 atom stereocenters. The molecule has 2 aliphatic rings. The van der Waals surface area contributed by atoms with Crippen LogP contribution in [-0.4, -0.2) is 19.3 Å². The number of hydrogen-bond acceptors (Lipinski definition) is 3. The summed E-state index contributed by atoms with van der Waals surface area (Å²) in [5, 5.41) is 2.81. The predicted molar refractivity (Wildman–Crippen MR) is 115 cm³/mol. The lowest BCUT2D eigenvalue weighted by Gasteiger charge is -2.55. The van der Waals surface area contributed by atoms with E-state index in [1.807, 2.05) is 36.4 Å². The summed E-state index contributed by atoms with van der Waals surface area (Å²) in [5.41, 5.74) is 3.09. The largest absolute Gasteiger partial charge is 0.449 e. The van der Waals surface area contributed by atoms with Crippen molar-refractivity contribution in [2.75, 3.05) is 18.5 Å².